The largest absolute Gasteiger partial charge is 0.375 e. The molecular weight excluding hydrogens is 226 g/mol. The second-order valence-electron chi connectivity index (χ2n) is 3.66. The van der Waals surface area contributed by atoms with Crippen molar-refractivity contribution in [1.82, 2.24) is 15.1 Å². The Morgan fingerprint density at radius 1 is 1.31 bits per heavy atom. The van der Waals surface area contributed by atoms with E-state index in [2.05, 4.69) is 20.0 Å². The maximum absolute atomic E-state index is 5.55. The van der Waals surface area contributed by atoms with Crippen LogP contribution < -0.4 is 10.6 Å². The monoisotopic (exact) mass is 237 g/mol. The van der Waals surface area contributed by atoms with E-state index in [1.54, 1.807) is 0 Å². The van der Waals surface area contributed by atoms with Crippen LogP contribution in [0.4, 0.5) is 11.1 Å². The number of thiazole rings is 1. The summed E-state index contributed by atoms with van der Waals surface area (Å²) in [6.45, 7) is 2.00. The predicted octanol–water partition coefficient (Wildman–Crippen LogP) is 1.38. The Hall–Kier alpha value is -1.63. The van der Waals surface area contributed by atoms with Crippen LogP contribution >= 0.6 is 11.3 Å². The van der Waals surface area contributed by atoms with Crippen LogP contribution in [0.25, 0.3) is 11.6 Å². The number of nitrogens with zero attached hydrogens (tertiary/aromatic N) is 4. The molecule has 0 radical (unpaired) electrons. The highest BCUT2D eigenvalue weighted by molar-refractivity contribution is 7.13. The second-order valence-corrected chi connectivity index (χ2v) is 4.55. The van der Waals surface area contributed by atoms with Crippen LogP contribution in [-0.2, 0) is 0 Å². The maximum atomic E-state index is 5.55. The molecule has 0 aromatic carbocycles. The molecule has 0 atom stereocenters. The van der Waals surface area contributed by atoms with Gasteiger partial charge in [0.2, 0.25) is 0 Å². The van der Waals surface area contributed by atoms with Gasteiger partial charge >= 0.3 is 0 Å². The van der Waals surface area contributed by atoms with Crippen molar-refractivity contribution in [2.75, 3.05) is 23.7 Å². The van der Waals surface area contributed by atoms with Crippen molar-refractivity contribution in [2.45, 2.75) is 12.8 Å². The molecule has 3 rings (SSSR count). The zero-order chi connectivity index (χ0) is 11.0. The molecule has 0 amide bonds. The Balaban J connectivity index is 1.87. The van der Waals surface area contributed by atoms with E-state index in [1.807, 2.05) is 5.38 Å². The van der Waals surface area contributed by atoms with Gasteiger partial charge in [0.1, 0.15) is 5.69 Å². The summed E-state index contributed by atoms with van der Waals surface area (Å²) in [4.78, 5) is 10.5. The first-order chi connectivity index (χ1) is 7.83. The van der Waals surface area contributed by atoms with Crippen molar-refractivity contribution in [3.63, 3.8) is 0 Å². The number of anilines is 2. The van der Waals surface area contributed by atoms with E-state index in [9.17, 15) is 0 Å². The molecule has 2 aromatic heterocycles. The number of aromatic nitrogens is 3. The van der Waals surface area contributed by atoms with Gasteiger partial charge in [-0.1, -0.05) is 0 Å². The van der Waals surface area contributed by atoms with Gasteiger partial charge in [-0.25, -0.2) is 4.98 Å². The minimum atomic E-state index is 0.440. The first-order valence-corrected chi connectivity index (χ1v) is 6.01. The quantitative estimate of drug-likeness (QED) is 0.849. The van der Waals surface area contributed by atoms with Gasteiger partial charge in [-0.2, -0.15) is 4.98 Å². The zero-order valence-corrected chi connectivity index (χ0v) is 9.40. The van der Waals surface area contributed by atoms with Gasteiger partial charge < -0.3 is 15.2 Å². The summed E-state index contributed by atoms with van der Waals surface area (Å²) < 4.78 is 5.16. The maximum Gasteiger partial charge on any atom is 0.279 e. The fraction of sp³-hybridized carbons (Fsp3) is 0.444. The topological polar surface area (TPSA) is 81.1 Å². The zero-order valence-electron chi connectivity index (χ0n) is 8.59. The molecule has 0 aliphatic carbocycles. The van der Waals surface area contributed by atoms with Crippen LogP contribution in [0, 0.1) is 0 Å². The number of rotatable bonds is 2. The molecule has 16 heavy (non-hydrogen) atoms. The first kappa shape index (κ1) is 9.59. The van der Waals surface area contributed by atoms with Crippen molar-refractivity contribution >= 4 is 22.4 Å². The van der Waals surface area contributed by atoms with Crippen LogP contribution in [0.15, 0.2) is 9.90 Å². The molecule has 2 aromatic rings. The van der Waals surface area contributed by atoms with E-state index in [1.165, 1.54) is 24.2 Å². The number of hydrogen-bond acceptors (Lipinski definition) is 7. The summed E-state index contributed by atoms with van der Waals surface area (Å²) in [6, 6.07) is 0. The lowest BCUT2D eigenvalue weighted by atomic mass is 10.4. The van der Waals surface area contributed by atoms with Gasteiger partial charge in [-0.3, -0.25) is 0 Å². The molecule has 0 spiro atoms. The van der Waals surface area contributed by atoms with Gasteiger partial charge in [0, 0.05) is 18.5 Å². The van der Waals surface area contributed by atoms with Crippen molar-refractivity contribution in [3.05, 3.63) is 5.38 Å². The van der Waals surface area contributed by atoms with E-state index in [4.69, 9.17) is 10.3 Å². The van der Waals surface area contributed by atoms with Gasteiger partial charge in [0.05, 0.1) is 0 Å². The minimum Gasteiger partial charge on any atom is -0.375 e. The highest BCUT2D eigenvalue weighted by atomic mass is 32.1. The Bertz CT molecular complexity index is 488. The van der Waals surface area contributed by atoms with E-state index in [0.29, 0.717) is 22.7 Å². The van der Waals surface area contributed by atoms with Crippen LogP contribution in [0.5, 0.6) is 0 Å². The third-order valence-corrected chi connectivity index (χ3v) is 3.22. The minimum absolute atomic E-state index is 0.440. The van der Waals surface area contributed by atoms with E-state index in [0.717, 1.165) is 13.1 Å². The molecule has 1 aliphatic rings. The normalized spacial score (nSPS) is 15.9. The Kier molecular flexibility index (Phi) is 2.24. The SMILES string of the molecule is Nc1nc(-c2nc(N3CCCC3)no2)cs1. The summed E-state index contributed by atoms with van der Waals surface area (Å²) in [6.07, 6.45) is 2.38. The lowest BCUT2D eigenvalue weighted by Crippen LogP contribution is -2.18. The molecule has 0 bridgehead atoms. The third kappa shape index (κ3) is 1.63. The first-order valence-electron chi connectivity index (χ1n) is 5.13. The summed E-state index contributed by atoms with van der Waals surface area (Å²) in [5.41, 5.74) is 6.21. The van der Waals surface area contributed by atoms with E-state index >= 15 is 0 Å². The highest BCUT2D eigenvalue weighted by Crippen LogP contribution is 2.24. The smallest absolute Gasteiger partial charge is 0.279 e. The molecule has 2 N–H and O–H groups in total. The molecule has 0 unspecified atom stereocenters. The molecule has 3 heterocycles. The Morgan fingerprint density at radius 2 is 2.12 bits per heavy atom. The summed E-state index contributed by atoms with van der Waals surface area (Å²) in [7, 11) is 0. The molecule has 1 aliphatic heterocycles. The van der Waals surface area contributed by atoms with Crippen molar-refractivity contribution in [2.24, 2.45) is 0 Å². The number of nitrogens with two attached hydrogens (primary N) is 1. The lowest BCUT2D eigenvalue weighted by Gasteiger charge is -2.09. The molecule has 84 valence electrons. The average molecular weight is 237 g/mol. The summed E-state index contributed by atoms with van der Waals surface area (Å²) >= 11 is 1.37. The molecular formula is C9H11N5OS. The Morgan fingerprint density at radius 3 is 2.81 bits per heavy atom. The van der Waals surface area contributed by atoms with Crippen LogP contribution in [0.3, 0.4) is 0 Å². The number of nitrogen functional groups attached to an aromatic ring is 1. The fourth-order valence-corrected chi connectivity index (χ4v) is 2.29. The van der Waals surface area contributed by atoms with Gasteiger partial charge in [-0.05, 0) is 18.0 Å². The van der Waals surface area contributed by atoms with Gasteiger partial charge in [0.15, 0.2) is 5.13 Å². The van der Waals surface area contributed by atoms with Crippen LogP contribution in [-0.4, -0.2) is 28.2 Å². The highest BCUT2D eigenvalue weighted by Gasteiger charge is 2.19. The standard InChI is InChI=1S/C9H11N5OS/c10-8-11-6(5-16-8)7-12-9(13-15-7)14-3-1-2-4-14/h5H,1-4H2,(H2,10,11). The lowest BCUT2D eigenvalue weighted by molar-refractivity contribution is 0.429. The Labute approximate surface area is 96.1 Å². The fourth-order valence-electron chi connectivity index (χ4n) is 1.75. The van der Waals surface area contributed by atoms with Crippen LogP contribution in [0.2, 0.25) is 0 Å². The molecule has 7 heteroatoms. The summed E-state index contributed by atoms with van der Waals surface area (Å²) in [5, 5.41) is 6.27. The summed E-state index contributed by atoms with van der Waals surface area (Å²) in [5.74, 6) is 1.09. The third-order valence-electron chi connectivity index (χ3n) is 2.55. The second kappa shape index (κ2) is 3.75. The average Bonchev–Trinajstić information content (AvgIpc) is 2.97. The molecule has 1 saturated heterocycles. The van der Waals surface area contributed by atoms with Crippen molar-refractivity contribution < 1.29 is 4.52 Å². The van der Waals surface area contributed by atoms with Crippen LogP contribution in [0.1, 0.15) is 12.8 Å². The molecule has 1 fully saturated rings. The number of hydrogen-bond donors (Lipinski definition) is 1. The molecule has 0 saturated carbocycles. The van der Waals surface area contributed by atoms with E-state index in [-0.39, 0.29) is 0 Å². The van der Waals surface area contributed by atoms with E-state index < -0.39 is 0 Å². The van der Waals surface area contributed by atoms with Gasteiger partial charge in [-0.15, -0.1) is 11.3 Å². The van der Waals surface area contributed by atoms with Crippen molar-refractivity contribution in [3.8, 4) is 11.6 Å². The molecule has 6 nitrogen and oxygen atoms in total. The predicted molar refractivity (Wildman–Crippen MR) is 61.3 cm³/mol. The van der Waals surface area contributed by atoms with Gasteiger partial charge in [0.25, 0.3) is 11.8 Å². The van der Waals surface area contributed by atoms with Crippen molar-refractivity contribution in [1.29, 1.82) is 0 Å².